The average molecular weight is 499 g/mol. The Morgan fingerprint density at radius 1 is 1.20 bits per heavy atom. The largest absolute Gasteiger partial charge is 0.496 e. The van der Waals surface area contributed by atoms with Gasteiger partial charge in [0.05, 0.1) is 24.4 Å². The van der Waals surface area contributed by atoms with E-state index in [-0.39, 0.29) is 71.2 Å². The van der Waals surface area contributed by atoms with Gasteiger partial charge in [0.1, 0.15) is 34.5 Å². The number of ether oxygens (including phenoxy) is 2. The van der Waals surface area contributed by atoms with E-state index in [1.54, 1.807) is 35.5 Å². The van der Waals surface area contributed by atoms with Gasteiger partial charge in [-0.1, -0.05) is 17.7 Å². The summed E-state index contributed by atoms with van der Waals surface area (Å²) in [6.45, 7) is 0.465. The zero-order chi connectivity index (χ0) is 24.7. The molecule has 1 N–H and O–H groups in total. The van der Waals surface area contributed by atoms with Gasteiger partial charge in [-0.05, 0) is 24.3 Å². The first-order chi connectivity index (χ1) is 16.9. The molecular weight excluding hydrogens is 479 g/mol. The molecule has 0 bridgehead atoms. The number of pyridine rings is 2. The van der Waals surface area contributed by atoms with Gasteiger partial charge in [0.15, 0.2) is 5.75 Å². The van der Waals surface area contributed by atoms with Crippen LogP contribution < -0.4 is 9.47 Å². The first kappa shape index (κ1) is 22.9. The predicted octanol–water partition coefficient (Wildman–Crippen LogP) is 3.81. The number of nitrogens with zero attached hydrogens (tertiary/aromatic N) is 4. The van der Waals surface area contributed by atoms with E-state index >= 15 is 4.39 Å². The Labute approximate surface area is 204 Å². The molecule has 0 aliphatic carbocycles. The van der Waals surface area contributed by atoms with E-state index in [9.17, 15) is 14.7 Å². The summed E-state index contributed by atoms with van der Waals surface area (Å²) in [5.41, 5.74) is 1.04. The SMILES string of the molecule is COc1cccc(F)c1-c1nc(-c2ccncc2)c2c(c1Cl)OC[C@H]1CN(C(=O)O)CCN1C2=O. The number of amides is 2. The minimum atomic E-state index is -1.06. The highest BCUT2D eigenvalue weighted by Gasteiger charge is 2.40. The first-order valence-electron chi connectivity index (χ1n) is 10.8. The van der Waals surface area contributed by atoms with Crippen molar-refractivity contribution in [1.82, 2.24) is 19.8 Å². The summed E-state index contributed by atoms with van der Waals surface area (Å²) in [6, 6.07) is 7.19. The fourth-order valence-electron chi connectivity index (χ4n) is 4.43. The summed E-state index contributed by atoms with van der Waals surface area (Å²) in [5, 5.41) is 9.37. The quantitative estimate of drug-likeness (QED) is 0.585. The second-order valence-corrected chi connectivity index (χ2v) is 8.45. The predicted molar refractivity (Wildman–Crippen MR) is 124 cm³/mol. The van der Waals surface area contributed by atoms with Crippen LogP contribution in [0.1, 0.15) is 10.4 Å². The molecule has 9 nitrogen and oxygen atoms in total. The zero-order valence-corrected chi connectivity index (χ0v) is 19.3. The number of halogens is 2. The van der Waals surface area contributed by atoms with Crippen LogP contribution in [0, 0.1) is 5.82 Å². The van der Waals surface area contributed by atoms with Crippen LogP contribution in [0.15, 0.2) is 42.7 Å². The maximum atomic E-state index is 15.0. The topological polar surface area (TPSA) is 105 Å². The third kappa shape index (κ3) is 3.89. The molecule has 0 unspecified atom stereocenters. The highest BCUT2D eigenvalue weighted by molar-refractivity contribution is 6.35. The first-order valence-corrected chi connectivity index (χ1v) is 11.2. The molecular formula is C24H20ClFN4O5. The lowest BCUT2D eigenvalue weighted by molar-refractivity contribution is 0.0390. The Morgan fingerprint density at radius 3 is 2.69 bits per heavy atom. The van der Waals surface area contributed by atoms with E-state index in [4.69, 9.17) is 21.1 Å². The standard InChI is InChI=1S/C24H20ClFN4O5/c1-34-16-4-2-3-15(26)17(16)21-19(25)22-18(20(28-21)13-5-7-27-8-6-13)23(31)30-10-9-29(24(32)33)11-14(30)12-35-22/h2-8,14H,9-12H2,1H3,(H,32,33)/t14-/m1/s1. The van der Waals surface area contributed by atoms with Gasteiger partial charge in [0, 0.05) is 37.6 Å². The van der Waals surface area contributed by atoms with Crippen molar-refractivity contribution in [2.75, 3.05) is 33.4 Å². The van der Waals surface area contributed by atoms with Gasteiger partial charge in [-0.25, -0.2) is 14.2 Å². The molecule has 11 heteroatoms. The van der Waals surface area contributed by atoms with E-state index in [0.717, 1.165) is 0 Å². The highest BCUT2D eigenvalue weighted by Crippen LogP contribution is 2.46. The molecule has 35 heavy (non-hydrogen) atoms. The molecule has 0 saturated carbocycles. The molecule has 0 radical (unpaired) electrons. The number of rotatable bonds is 3. The molecule has 2 aliphatic heterocycles. The molecule has 1 saturated heterocycles. The van der Waals surface area contributed by atoms with Crippen LogP contribution in [0.5, 0.6) is 11.5 Å². The fourth-order valence-corrected chi connectivity index (χ4v) is 4.71. The fraction of sp³-hybridized carbons (Fsp3) is 0.250. The van der Waals surface area contributed by atoms with Crippen molar-refractivity contribution in [3.63, 3.8) is 0 Å². The summed E-state index contributed by atoms with van der Waals surface area (Å²) in [5.74, 6) is -0.709. The van der Waals surface area contributed by atoms with Gasteiger partial charge in [0.2, 0.25) is 0 Å². The number of carboxylic acid groups (broad SMARTS) is 1. The van der Waals surface area contributed by atoms with E-state index in [1.165, 1.54) is 24.1 Å². The molecule has 1 fully saturated rings. The number of fused-ring (bicyclic) bond motifs is 2. The summed E-state index contributed by atoms with van der Waals surface area (Å²) < 4.78 is 26.4. The van der Waals surface area contributed by atoms with Crippen LogP contribution in [0.25, 0.3) is 22.5 Å². The summed E-state index contributed by atoms with van der Waals surface area (Å²) in [6.07, 6.45) is 2.04. The number of aromatic nitrogens is 2. The maximum Gasteiger partial charge on any atom is 0.407 e. The number of hydrogen-bond donors (Lipinski definition) is 1. The highest BCUT2D eigenvalue weighted by atomic mass is 35.5. The van der Waals surface area contributed by atoms with E-state index in [1.807, 2.05) is 0 Å². The van der Waals surface area contributed by atoms with Crippen molar-refractivity contribution < 1.29 is 28.6 Å². The summed E-state index contributed by atoms with van der Waals surface area (Å²) in [4.78, 5) is 36.8. The summed E-state index contributed by atoms with van der Waals surface area (Å²) in [7, 11) is 1.41. The molecule has 1 aromatic carbocycles. The Morgan fingerprint density at radius 2 is 1.97 bits per heavy atom. The number of piperazine rings is 1. The molecule has 2 aliphatic rings. The molecule has 2 aromatic heterocycles. The van der Waals surface area contributed by atoms with E-state index in [2.05, 4.69) is 9.97 Å². The third-order valence-corrected chi connectivity index (χ3v) is 6.48. The normalized spacial score (nSPS) is 17.2. The van der Waals surface area contributed by atoms with Crippen LogP contribution in [0.2, 0.25) is 5.02 Å². The van der Waals surface area contributed by atoms with E-state index in [0.29, 0.717) is 5.56 Å². The third-order valence-electron chi connectivity index (χ3n) is 6.13. The maximum absolute atomic E-state index is 15.0. The lowest BCUT2D eigenvalue weighted by Gasteiger charge is -2.38. The Bertz CT molecular complexity index is 1320. The average Bonchev–Trinajstić information content (AvgIpc) is 3.02. The Hall–Kier alpha value is -3.92. The number of methoxy groups -OCH3 is 1. The number of carbonyl (C=O) groups excluding carboxylic acids is 1. The number of benzene rings is 1. The van der Waals surface area contributed by atoms with Crippen LogP contribution in [0.3, 0.4) is 0 Å². The van der Waals surface area contributed by atoms with Gasteiger partial charge in [-0.15, -0.1) is 0 Å². The van der Waals surface area contributed by atoms with Crippen LogP contribution >= 0.6 is 11.6 Å². The molecule has 2 amide bonds. The monoisotopic (exact) mass is 498 g/mol. The van der Waals surface area contributed by atoms with Gasteiger partial charge < -0.3 is 24.4 Å². The minimum absolute atomic E-state index is 0.00981. The van der Waals surface area contributed by atoms with Gasteiger partial charge in [-0.2, -0.15) is 0 Å². The van der Waals surface area contributed by atoms with Crippen molar-refractivity contribution in [2.24, 2.45) is 0 Å². The van der Waals surface area contributed by atoms with Crippen LogP contribution in [0.4, 0.5) is 9.18 Å². The zero-order valence-electron chi connectivity index (χ0n) is 18.6. The molecule has 0 spiro atoms. The van der Waals surface area contributed by atoms with Gasteiger partial charge >= 0.3 is 6.09 Å². The molecule has 5 rings (SSSR count). The van der Waals surface area contributed by atoms with Crippen molar-refractivity contribution in [3.8, 4) is 34.0 Å². The van der Waals surface area contributed by atoms with E-state index < -0.39 is 18.0 Å². The van der Waals surface area contributed by atoms with Crippen LogP contribution in [-0.4, -0.2) is 76.3 Å². The molecule has 180 valence electrons. The Kier molecular flexibility index (Phi) is 5.89. The molecule has 4 heterocycles. The summed E-state index contributed by atoms with van der Waals surface area (Å²) >= 11 is 6.74. The van der Waals surface area contributed by atoms with Crippen molar-refractivity contribution >= 4 is 23.6 Å². The minimum Gasteiger partial charge on any atom is -0.496 e. The lowest BCUT2D eigenvalue weighted by Crippen LogP contribution is -2.57. The molecule has 1 atom stereocenters. The Balaban J connectivity index is 1.73. The van der Waals surface area contributed by atoms with Gasteiger partial charge in [0.25, 0.3) is 5.91 Å². The number of hydrogen-bond acceptors (Lipinski definition) is 6. The van der Waals surface area contributed by atoms with Crippen molar-refractivity contribution in [3.05, 3.63) is 59.1 Å². The lowest BCUT2D eigenvalue weighted by atomic mass is 10.0. The van der Waals surface area contributed by atoms with Crippen LogP contribution in [-0.2, 0) is 0 Å². The second-order valence-electron chi connectivity index (χ2n) is 8.07. The second kappa shape index (κ2) is 9.03. The van der Waals surface area contributed by atoms with Crippen molar-refractivity contribution in [1.29, 1.82) is 0 Å². The molecule has 3 aromatic rings. The van der Waals surface area contributed by atoms with Gasteiger partial charge in [-0.3, -0.25) is 9.78 Å². The number of carbonyl (C=O) groups is 2. The smallest absolute Gasteiger partial charge is 0.407 e. The van der Waals surface area contributed by atoms with Crippen molar-refractivity contribution in [2.45, 2.75) is 6.04 Å².